The van der Waals surface area contributed by atoms with Gasteiger partial charge < -0.3 is 0 Å². The molecular weight excluding hydrogens is 443 g/mol. The van der Waals surface area contributed by atoms with E-state index in [0.717, 1.165) is 3.57 Å². The maximum absolute atomic E-state index is 12.5. The van der Waals surface area contributed by atoms with Crippen LogP contribution in [0.3, 0.4) is 0 Å². The average molecular weight is 450 g/mol. The topological polar surface area (TPSA) is 40.9 Å². The molecule has 1 unspecified atom stereocenters. The minimum Gasteiger partial charge on any atom is -0.292 e. The molecule has 1 atom stereocenters. The third kappa shape index (κ3) is 3.51. The van der Waals surface area contributed by atoms with Crippen molar-refractivity contribution in [2.45, 2.75) is 5.92 Å². The summed E-state index contributed by atoms with van der Waals surface area (Å²) in [6.07, 6.45) is 0. The number of nitriles is 1. The van der Waals surface area contributed by atoms with E-state index in [4.69, 9.17) is 34.8 Å². The van der Waals surface area contributed by atoms with Gasteiger partial charge in [-0.1, -0.05) is 46.9 Å². The van der Waals surface area contributed by atoms with Crippen molar-refractivity contribution in [3.8, 4) is 6.07 Å². The molecule has 0 fully saturated rings. The van der Waals surface area contributed by atoms with Crippen molar-refractivity contribution < 1.29 is 4.79 Å². The average Bonchev–Trinajstić information content (AvgIpc) is 2.45. The third-order valence-electron chi connectivity index (χ3n) is 2.88. The van der Waals surface area contributed by atoms with Crippen molar-refractivity contribution in [2.24, 2.45) is 0 Å². The molecule has 2 nitrogen and oxygen atoms in total. The molecule has 0 saturated carbocycles. The van der Waals surface area contributed by atoms with Crippen molar-refractivity contribution in [1.82, 2.24) is 0 Å². The normalized spacial score (nSPS) is 11.8. The second-order valence-electron chi connectivity index (χ2n) is 4.19. The highest BCUT2D eigenvalue weighted by molar-refractivity contribution is 14.1. The number of rotatable bonds is 3. The lowest BCUT2D eigenvalue weighted by Crippen LogP contribution is -2.12. The molecular formula is C15H7Cl3INO. The highest BCUT2D eigenvalue weighted by atomic mass is 127. The summed E-state index contributed by atoms with van der Waals surface area (Å²) in [4.78, 5) is 12.5. The Bertz CT molecular complexity index is 735. The lowest BCUT2D eigenvalue weighted by molar-refractivity contribution is 0.0979. The molecule has 0 spiro atoms. The molecule has 106 valence electrons. The number of halogens is 4. The summed E-state index contributed by atoms with van der Waals surface area (Å²) in [6, 6.07) is 11.7. The molecule has 0 heterocycles. The van der Waals surface area contributed by atoms with Crippen LogP contribution in [0.15, 0.2) is 36.4 Å². The van der Waals surface area contributed by atoms with Gasteiger partial charge in [-0.3, -0.25) is 4.79 Å². The second kappa shape index (κ2) is 6.97. The van der Waals surface area contributed by atoms with Crippen LogP contribution < -0.4 is 0 Å². The second-order valence-corrected chi connectivity index (χ2v) is 6.57. The zero-order chi connectivity index (χ0) is 15.6. The molecule has 2 aromatic rings. The van der Waals surface area contributed by atoms with Crippen LogP contribution in [0.5, 0.6) is 0 Å². The number of carbonyl (C=O) groups is 1. The summed E-state index contributed by atoms with van der Waals surface area (Å²) < 4.78 is 0.829. The number of hydrogen-bond donors (Lipinski definition) is 0. The van der Waals surface area contributed by atoms with Gasteiger partial charge in [-0.15, -0.1) is 0 Å². The Morgan fingerprint density at radius 2 is 1.71 bits per heavy atom. The van der Waals surface area contributed by atoms with Crippen molar-refractivity contribution >= 4 is 63.2 Å². The maximum Gasteiger partial charge on any atom is 0.184 e. The largest absolute Gasteiger partial charge is 0.292 e. The van der Waals surface area contributed by atoms with E-state index in [1.54, 1.807) is 36.4 Å². The van der Waals surface area contributed by atoms with Gasteiger partial charge in [-0.2, -0.15) is 5.26 Å². The van der Waals surface area contributed by atoms with Crippen LogP contribution in [0.2, 0.25) is 15.1 Å². The first-order chi connectivity index (χ1) is 9.95. The molecule has 0 aliphatic carbocycles. The van der Waals surface area contributed by atoms with E-state index in [1.165, 1.54) is 0 Å². The standard InChI is InChI=1S/C15H7Cl3INO/c16-10-2-1-3-11(17)14(10)9(7-20)15(21)8-4-5-13(19)12(18)6-8/h1-6,9H. The van der Waals surface area contributed by atoms with Crippen LogP contribution in [0.25, 0.3) is 0 Å². The Hall–Kier alpha value is -0.800. The molecule has 0 bridgehead atoms. The fourth-order valence-electron chi connectivity index (χ4n) is 1.86. The fraction of sp³-hybridized carbons (Fsp3) is 0.0667. The first-order valence-electron chi connectivity index (χ1n) is 5.78. The van der Waals surface area contributed by atoms with Crippen LogP contribution in [0.1, 0.15) is 21.8 Å². The zero-order valence-corrected chi connectivity index (χ0v) is 14.8. The van der Waals surface area contributed by atoms with Gasteiger partial charge in [0.15, 0.2) is 5.78 Å². The minimum absolute atomic E-state index is 0.291. The third-order valence-corrected chi connectivity index (χ3v) is 5.12. The maximum atomic E-state index is 12.5. The highest BCUT2D eigenvalue weighted by Gasteiger charge is 2.26. The van der Waals surface area contributed by atoms with E-state index in [2.05, 4.69) is 22.6 Å². The highest BCUT2D eigenvalue weighted by Crippen LogP contribution is 2.34. The van der Waals surface area contributed by atoms with Gasteiger partial charge in [0.1, 0.15) is 5.92 Å². The van der Waals surface area contributed by atoms with Crippen LogP contribution in [-0.2, 0) is 0 Å². The molecule has 2 aromatic carbocycles. The van der Waals surface area contributed by atoms with Crippen molar-refractivity contribution in [3.63, 3.8) is 0 Å². The van der Waals surface area contributed by atoms with Crippen LogP contribution in [0.4, 0.5) is 0 Å². The fourth-order valence-corrected chi connectivity index (χ4v) is 2.99. The summed E-state index contributed by atoms with van der Waals surface area (Å²) in [5.74, 6) is -1.45. The summed E-state index contributed by atoms with van der Waals surface area (Å²) in [7, 11) is 0. The zero-order valence-electron chi connectivity index (χ0n) is 10.4. The van der Waals surface area contributed by atoms with Gasteiger partial charge in [0, 0.05) is 24.7 Å². The molecule has 6 heteroatoms. The van der Waals surface area contributed by atoms with E-state index in [-0.39, 0.29) is 5.78 Å². The van der Waals surface area contributed by atoms with Gasteiger partial charge in [-0.25, -0.2) is 0 Å². The Morgan fingerprint density at radius 3 is 2.24 bits per heavy atom. The number of Topliss-reactive ketones (excluding diaryl/α,β-unsaturated/α-hetero) is 1. The number of hydrogen-bond acceptors (Lipinski definition) is 2. The molecule has 0 radical (unpaired) electrons. The molecule has 21 heavy (non-hydrogen) atoms. The van der Waals surface area contributed by atoms with E-state index in [1.807, 2.05) is 6.07 Å². The lowest BCUT2D eigenvalue weighted by atomic mass is 9.92. The monoisotopic (exact) mass is 449 g/mol. The van der Waals surface area contributed by atoms with Crippen LogP contribution in [0, 0.1) is 14.9 Å². The summed E-state index contributed by atoms with van der Waals surface area (Å²) in [6.45, 7) is 0. The van der Waals surface area contributed by atoms with Crippen molar-refractivity contribution in [1.29, 1.82) is 5.26 Å². The van der Waals surface area contributed by atoms with Crippen LogP contribution in [-0.4, -0.2) is 5.78 Å². The van der Waals surface area contributed by atoms with E-state index < -0.39 is 5.92 Å². The smallest absolute Gasteiger partial charge is 0.184 e. The summed E-state index contributed by atoms with van der Waals surface area (Å²) in [5, 5.41) is 10.4. The predicted molar refractivity (Wildman–Crippen MR) is 93.3 cm³/mol. The van der Waals surface area contributed by atoms with Gasteiger partial charge >= 0.3 is 0 Å². The summed E-state index contributed by atoms with van der Waals surface area (Å²) >= 11 is 20.2. The van der Waals surface area contributed by atoms with Gasteiger partial charge in [0.25, 0.3) is 0 Å². The molecule has 0 N–H and O–H groups in total. The van der Waals surface area contributed by atoms with E-state index in [9.17, 15) is 10.1 Å². The predicted octanol–water partition coefficient (Wildman–Crippen LogP) is 5.74. The lowest BCUT2D eigenvalue weighted by Gasteiger charge is -2.12. The molecule has 0 saturated heterocycles. The first-order valence-corrected chi connectivity index (χ1v) is 7.99. The Balaban J connectivity index is 2.49. The number of carbonyl (C=O) groups excluding carboxylic acids is 1. The van der Waals surface area contributed by atoms with Crippen molar-refractivity contribution in [3.05, 3.63) is 66.2 Å². The number of ketones is 1. The Kier molecular flexibility index (Phi) is 5.50. The first kappa shape index (κ1) is 16.6. The Morgan fingerprint density at radius 1 is 1.10 bits per heavy atom. The molecule has 0 aliphatic heterocycles. The van der Waals surface area contributed by atoms with Gasteiger partial charge in [0.2, 0.25) is 0 Å². The SMILES string of the molecule is N#CC(C(=O)c1ccc(I)c(Cl)c1)c1c(Cl)cccc1Cl. The molecule has 0 aromatic heterocycles. The molecule has 0 aliphatic rings. The van der Waals surface area contributed by atoms with E-state index in [0.29, 0.717) is 26.2 Å². The summed E-state index contributed by atoms with van der Waals surface area (Å²) in [5.41, 5.74) is 0.672. The van der Waals surface area contributed by atoms with E-state index >= 15 is 0 Å². The van der Waals surface area contributed by atoms with Gasteiger partial charge in [-0.05, 0) is 46.9 Å². The van der Waals surface area contributed by atoms with Crippen molar-refractivity contribution in [2.75, 3.05) is 0 Å². The molecule has 0 amide bonds. The number of benzene rings is 2. The quantitative estimate of drug-likeness (QED) is 0.442. The Labute approximate surface area is 150 Å². The number of nitrogens with zero attached hydrogens (tertiary/aromatic N) is 1. The minimum atomic E-state index is -1.07. The van der Waals surface area contributed by atoms with Gasteiger partial charge in [0.05, 0.1) is 11.1 Å². The molecule has 2 rings (SSSR count). The van der Waals surface area contributed by atoms with Crippen LogP contribution >= 0.6 is 57.4 Å².